The van der Waals surface area contributed by atoms with Crippen LogP contribution in [0.1, 0.15) is 34.5 Å². The van der Waals surface area contributed by atoms with Gasteiger partial charge in [0.1, 0.15) is 0 Å². The lowest BCUT2D eigenvalue weighted by molar-refractivity contribution is -0.137. The maximum absolute atomic E-state index is 12.8. The van der Waals surface area contributed by atoms with E-state index < -0.39 is 11.7 Å². The van der Waals surface area contributed by atoms with Gasteiger partial charge in [0.05, 0.1) is 28.7 Å². The van der Waals surface area contributed by atoms with E-state index >= 15 is 0 Å². The van der Waals surface area contributed by atoms with E-state index in [9.17, 15) is 18.0 Å². The topological polar surface area (TPSA) is 72.9 Å². The molecule has 0 bridgehead atoms. The highest BCUT2D eigenvalue weighted by atomic mass is 35.5. The molecular formula is C16H20ClF3N4O. The van der Waals surface area contributed by atoms with Crippen LogP contribution in [0.15, 0.2) is 30.5 Å². The first-order valence-electron chi connectivity index (χ1n) is 7.55. The van der Waals surface area contributed by atoms with Crippen LogP contribution in [0.4, 0.5) is 13.2 Å². The van der Waals surface area contributed by atoms with Crippen molar-refractivity contribution in [2.75, 3.05) is 13.1 Å². The summed E-state index contributed by atoms with van der Waals surface area (Å²) < 4.78 is 39.8. The maximum Gasteiger partial charge on any atom is 0.416 e. The van der Waals surface area contributed by atoms with Gasteiger partial charge in [-0.05, 0) is 44.5 Å². The van der Waals surface area contributed by atoms with Gasteiger partial charge < -0.3 is 11.1 Å². The zero-order chi connectivity index (χ0) is 17.7. The number of benzene rings is 1. The number of nitrogens with zero attached hydrogens (tertiary/aromatic N) is 2. The number of nitrogens with two attached hydrogens (primary N) is 1. The minimum atomic E-state index is -4.43. The zero-order valence-electron chi connectivity index (χ0n) is 13.6. The first kappa shape index (κ1) is 21.0. The van der Waals surface area contributed by atoms with Gasteiger partial charge in [0.15, 0.2) is 0 Å². The highest BCUT2D eigenvalue weighted by Crippen LogP contribution is 2.30. The summed E-state index contributed by atoms with van der Waals surface area (Å²) in [5.74, 6) is -0.303. The molecule has 1 aromatic carbocycles. The predicted molar refractivity (Wildman–Crippen MR) is 91.2 cm³/mol. The van der Waals surface area contributed by atoms with Gasteiger partial charge in [-0.3, -0.25) is 4.79 Å². The molecule has 2 aromatic rings. The van der Waals surface area contributed by atoms with E-state index in [1.54, 1.807) is 6.92 Å². The predicted octanol–water partition coefficient (Wildman–Crippen LogP) is 3.09. The maximum atomic E-state index is 12.8. The Morgan fingerprint density at radius 3 is 2.68 bits per heavy atom. The average Bonchev–Trinajstić information content (AvgIpc) is 2.92. The number of amides is 1. The van der Waals surface area contributed by atoms with E-state index in [0.717, 1.165) is 25.0 Å². The van der Waals surface area contributed by atoms with Crippen LogP contribution in [-0.4, -0.2) is 28.8 Å². The van der Waals surface area contributed by atoms with Crippen LogP contribution in [0, 0.1) is 6.92 Å². The fourth-order valence-corrected chi connectivity index (χ4v) is 2.27. The van der Waals surface area contributed by atoms with Crippen LogP contribution in [0.3, 0.4) is 0 Å². The summed E-state index contributed by atoms with van der Waals surface area (Å²) in [6, 6.07) is 4.82. The molecule has 0 fully saturated rings. The Labute approximate surface area is 149 Å². The number of hydrogen-bond acceptors (Lipinski definition) is 3. The minimum Gasteiger partial charge on any atom is -0.352 e. The molecule has 0 spiro atoms. The molecule has 25 heavy (non-hydrogen) atoms. The van der Waals surface area contributed by atoms with Crippen LogP contribution in [0.25, 0.3) is 5.69 Å². The van der Waals surface area contributed by atoms with Crippen molar-refractivity contribution in [3.8, 4) is 5.69 Å². The van der Waals surface area contributed by atoms with E-state index in [1.165, 1.54) is 23.0 Å². The Morgan fingerprint density at radius 1 is 1.32 bits per heavy atom. The molecule has 0 radical (unpaired) electrons. The monoisotopic (exact) mass is 376 g/mol. The molecular weight excluding hydrogens is 357 g/mol. The fourth-order valence-electron chi connectivity index (χ4n) is 2.27. The molecule has 0 aliphatic rings. The molecule has 9 heteroatoms. The van der Waals surface area contributed by atoms with Crippen molar-refractivity contribution in [1.29, 1.82) is 0 Å². The first-order valence-corrected chi connectivity index (χ1v) is 7.55. The molecule has 0 aliphatic heterocycles. The smallest absolute Gasteiger partial charge is 0.352 e. The average molecular weight is 377 g/mol. The molecule has 1 amide bonds. The molecule has 0 aliphatic carbocycles. The SMILES string of the molecule is Cc1c(C(=O)NCCCCN)cnn1-c1cccc(C(F)(F)F)c1.Cl. The van der Waals surface area contributed by atoms with Gasteiger partial charge in [0.2, 0.25) is 0 Å². The first-order chi connectivity index (χ1) is 11.3. The standard InChI is InChI=1S/C16H19F3N4O.ClH/c1-11-14(15(24)21-8-3-2-7-20)10-22-23(11)13-6-4-5-12(9-13)16(17,18)19;/h4-6,9-10H,2-3,7-8,20H2,1H3,(H,21,24);1H. The third kappa shape index (κ3) is 5.20. The lowest BCUT2D eigenvalue weighted by atomic mass is 10.2. The largest absolute Gasteiger partial charge is 0.416 e. The van der Waals surface area contributed by atoms with Crippen LogP contribution in [-0.2, 0) is 6.18 Å². The Hall–Kier alpha value is -2.06. The summed E-state index contributed by atoms with van der Waals surface area (Å²) >= 11 is 0. The molecule has 1 aromatic heterocycles. The lowest BCUT2D eigenvalue weighted by Gasteiger charge is -2.10. The Bertz CT molecular complexity index is 716. The number of rotatable bonds is 6. The number of carbonyl (C=O) groups is 1. The van der Waals surface area contributed by atoms with Crippen molar-refractivity contribution in [1.82, 2.24) is 15.1 Å². The van der Waals surface area contributed by atoms with Crippen molar-refractivity contribution < 1.29 is 18.0 Å². The molecule has 138 valence electrons. The van der Waals surface area contributed by atoms with Crippen molar-refractivity contribution in [3.63, 3.8) is 0 Å². The van der Waals surface area contributed by atoms with Gasteiger partial charge in [-0.15, -0.1) is 12.4 Å². The van der Waals surface area contributed by atoms with Gasteiger partial charge in [-0.2, -0.15) is 18.3 Å². The summed E-state index contributed by atoms with van der Waals surface area (Å²) in [5.41, 5.74) is 5.69. The molecule has 0 atom stereocenters. The Kier molecular flexibility index (Phi) is 7.44. The summed E-state index contributed by atoms with van der Waals surface area (Å²) in [6.07, 6.45) is -1.50. The second kappa shape index (κ2) is 8.87. The number of carbonyl (C=O) groups excluding carboxylic acids is 1. The van der Waals surface area contributed by atoms with Crippen molar-refractivity contribution in [2.24, 2.45) is 5.73 Å². The second-order valence-electron chi connectivity index (χ2n) is 5.36. The molecule has 0 saturated carbocycles. The quantitative estimate of drug-likeness (QED) is 0.761. The lowest BCUT2D eigenvalue weighted by Crippen LogP contribution is -2.25. The minimum absolute atomic E-state index is 0. The van der Waals surface area contributed by atoms with Gasteiger partial charge in [-0.1, -0.05) is 6.07 Å². The number of nitrogens with one attached hydrogen (secondary N) is 1. The van der Waals surface area contributed by atoms with E-state index in [1.807, 2.05) is 0 Å². The summed E-state index contributed by atoms with van der Waals surface area (Å²) in [4.78, 5) is 12.1. The second-order valence-corrected chi connectivity index (χ2v) is 5.36. The van der Waals surface area contributed by atoms with Gasteiger partial charge in [0.25, 0.3) is 5.91 Å². The van der Waals surface area contributed by atoms with Crippen LogP contribution < -0.4 is 11.1 Å². The highest BCUT2D eigenvalue weighted by Gasteiger charge is 2.30. The van der Waals surface area contributed by atoms with E-state index in [-0.39, 0.29) is 24.0 Å². The summed E-state index contributed by atoms with van der Waals surface area (Å²) in [5, 5.41) is 6.79. The van der Waals surface area contributed by atoms with Crippen molar-refractivity contribution in [2.45, 2.75) is 25.9 Å². The fraction of sp³-hybridized carbons (Fsp3) is 0.375. The molecule has 2 rings (SSSR count). The summed E-state index contributed by atoms with van der Waals surface area (Å²) in [6.45, 7) is 2.69. The zero-order valence-corrected chi connectivity index (χ0v) is 14.5. The third-order valence-electron chi connectivity index (χ3n) is 3.59. The molecule has 5 nitrogen and oxygen atoms in total. The number of alkyl halides is 3. The van der Waals surface area contributed by atoms with E-state index in [4.69, 9.17) is 5.73 Å². The number of unbranched alkanes of at least 4 members (excludes halogenated alkanes) is 1. The van der Waals surface area contributed by atoms with Crippen molar-refractivity contribution in [3.05, 3.63) is 47.3 Å². The van der Waals surface area contributed by atoms with Gasteiger partial charge in [-0.25, -0.2) is 4.68 Å². The normalized spacial score (nSPS) is 11.1. The molecule has 0 saturated heterocycles. The molecule has 3 N–H and O–H groups in total. The van der Waals surface area contributed by atoms with E-state index in [0.29, 0.717) is 24.3 Å². The van der Waals surface area contributed by atoms with Gasteiger partial charge >= 0.3 is 6.18 Å². The van der Waals surface area contributed by atoms with Crippen LogP contribution in [0.5, 0.6) is 0 Å². The third-order valence-corrected chi connectivity index (χ3v) is 3.59. The van der Waals surface area contributed by atoms with Gasteiger partial charge in [0, 0.05) is 6.54 Å². The Morgan fingerprint density at radius 2 is 2.04 bits per heavy atom. The summed E-state index contributed by atoms with van der Waals surface area (Å²) in [7, 11) is 0. The number of aromatic nitrogens is 2. The highest BCUT2D eigenvalue weighted by molar-refractivity contribution is 5.95. The molecule has 0 unspecified atom stereocenters. The van der Waals surface area contributed by atoms with Crippen molar-refractivity contribution >= 4 is 18.3 Å². The van der Waals surface area contributed by atoms with E-state index in [2.05, 4.69) is 10.4 Å². The number of halogens is 4. The van der Waals surface area contributed by atoms with Crippen LogP contribution in [0.2, 0.25) is 0 Å². The Balaban J connectivity index is 0.00000312. The molecule has 1 heterocycles. The number of hydrogen-bond donors (Lipinski definition) is 2. The van der Waals surface area contributed by atoms with Crippen LogP contribution >= 0.6 is 12.4 Å².